The van der Waals surface area contributed by atoms with Gasteiger partial charge in [-0.2, -0.15) is 9.50 Å². The fourth-order valence-electron chi connectivity index (χ4n) is 2.50. The van der Waals surface area contributed by atoms with Crippen molar-refractivity contribution in [2.75, 3.05) is 5.32 Å². The lowest BCUT2D eigenvalue weighted by atomic mass is 10.2. The van der Waals surface area contributed by atoms with Crippen LogP contribution in [0.15, 0.2) is 65.5 Å². The van der Waals surface area contributed by atoms with Crippen molar-refractivity contribution in [3.63, 3.8) is 0 Å². The first kappa shape index (κ1) is 15.4. The van der Waals surface area contributed by atoms with Gasteiger partial charge in [-0.15, -0.1) is 0 Å². The summed E-state index contributed by atoms with van der Waals surface area (Å²) >= 11 is 5.87. The van der Waals surface area contributed by atoms with E-state index in [0.717, 1.165) is 11.3 Å². The summed E-state index contributed by atoms with van der Waals surface area (Å²) in [5.41, 5.74) is 2.21. The third-order valence-electron chi connectivity index (χ3n) is 3.75. The molecule has 6 nitrogen and oxygen atoms in total. The average molecular weight is 352 g/mol. The van der Waals surface area contributed by atoms with E-state index in [9.17, 15) is 4.79 Å². The van der Waals surface area contributed by atoms with E-state index in [1.807, 2.05) is 42.5 Å². The smallest absolute Gasteiger partial charge is 0.274 e. The molecule has 0 unspecified atom stereocenters. The molecule has 0 aliphatic carbocycles. The van der Waals surface area contributed by atoms with Crippen molar-refractivity contribution in [3.8, 4) is 11.4 Å². The second kappa shape index (κ2) is 6.41. The fourth-order valence-corrected chi connectivity index (χ4v) is 2.63. The number of aromatic nitrogens is 4. The quantitative estimate of drug-likeness (QED) is 0.591. The van der Waals surface area contributed by atoms with Crippen LogP contribution in [0.4, 0.5) is 5.69 Å². The molecule has 0 aliphatic rings. The molecule has 2 N–H and O–H groups in total. The Morgan fingerprint density at radius 3 is 2.56 bits per heavy atom. The van der Waals surface area contributed by atoms with Crippen molar-refractivity contribution in [2.24, 2.45) is 0 Å². The Morgan fingerprint density at radius 2 is 1.80 bits per heavy atom. The van der Waals surface area contributed by atoms with Gasteiger partial charge in [0.05, 0.1) is 12.2 Å². The topological polar surface area (TPSA) is 75.1 Å². The zero-order chi connectivity index (χ0) is 17.2. The SMILES string of the molecule is O=c1cc(CNc2ccc(Cl)cc2)nc2nc(-c3ccccc3)[nH]n12. The molecule has 7 heteroatoms. The van der Waals surface area contributed by atoms with Gasteiger partial charge in [-0.1, -0.05) is 41.9 Å². The molecule has 25 heavy (non-hydrogen) atoms. The minimum absolute atomic E-state index is 0.201. The average Bonchev–Trinajstić information content (AvgIpc) is 3.07. The highest BCUT2D eigenvalue weighted by Crippen LogP contribution is 2.15. The number of halogens is 1. The summed E-state index contributed by atoms with van der Waals surface area (Å²) in [4.78, 5) is 21.2. The maximum absolute atomic E-state index is 12.3. The van der Waals surface area contributed by atoms with E-state index in [1.54, 1.807) is 12.1 Å². The van der Waals surface area contributed by atoms with Crippen LogP contribution in [-0.2, 0) is 6.54 Å². The van der Waals surface area contributed by atoms with E-state index < -0.39 is 0 Å². The molecule has 0 amide bonds. The van der Waals surface area contributed by atoms with Crippen molar-refractivity contribution in [1.82, 2.24) is 19.6 Å². The van der Waals surface area contributed by atoms with E-state index in [1.165, 1.54) is 10.6 Å². The Morgan fingerprint density at radius 1 is 1.04 bits per heavy atom. The second-order valence-corrected chi connectivity index (χ2v) is 5.96. The molecule has 4 rings (SSSR count). The maximum Gasteiger partial charge on any atom is 0.274 e. The third kappa shape index (κ3) is 3.25. The van der Waals surface area contributed by atoms with E-state index >= 15 is 0 Å². The van der Waals surface area contributed by atoms with Crippen molar-refractivity contribution >= 4 is 23.1 Å². The summed E-state index contributed by atoms with van der Waals surface area (Å²) in [7, 11) is 0. The molecule has 0 saturated heterocycles. The minimum Gasteiger partial charge on any atom is -0.379 e. The molecule has 0 aliphatic heterocycles. The van der Waals surface area contributed by atoms with E-state index in [0.29, 0.717) is 28.9 Å². The first-order valence-corrected chi connectivity index (χ1v) is 8.10. The normalized spacial score (nSPS) is 10.9. The van der Waals surface area contributed by atoms with Crippen LogP contribution in [0, 0.1) is 0 Å². The predicted molar refractivity (Wildman–Crippen MR) is 97.8 cm³/mol. The first-order valence-electron chi connectivity index (χ1n) is 7.72. The number of anilines is 1. The van der Waals surface area contributed by atoms with Crippen LogP contribution in [0.2, 0.25) is 5.02 Å². The largest absolute Gasteiger partial charge is 0.379 e. The zero-order valence-corrected chi connectivity index (χ0v) is 13.9. The van der Waals surface area contributed by atoms with Gasteiger partial charge in [0.2, 0.25) is 0 Å². The number of aromatic amines is 1. The number of fused-ring (bicyclic) bond motifs is 1. The summed E-state index contributed by atoms with van der Waals surface area (Å²) in [5.74, 6) is 0.951. The van der Waals surface area contributed by atoms with Gasteiger partial charge in [0, 0.05) is 22.3 Å². The lowest BCUT2D eigenvalue weighted by Crippen LogP contribution is -2.17. The number of hydrogen-bond acceptors (Lipinski definition) is 4. The lowest BCUT2D eigenvalue weighted by Gasteiger charge is -2.05. The Labute approximate surface area is 148 Å². The Kier molecular flexibility index (Phi) is 3.95. The molecule has 2 aromatic heterocycles. The van der Waals surface area contributed by atoms with E-state index in [-0.39, 0.29) is 5.56 Å². The number of H-pyrrole nitrogens is 1. The summed E-state index contributed by atoms with van der Waals surface area (Å²) in [6, 6.07) is 18.4. The molecule has 0 spiro atoms. The van der Waals surface area contributed by atoms with E-state index in [2.05, 4.69) is 20.4 Å². The summed E-state index contributed by atoms with van der Waals surface area (Å²) in [6.07, 6.45) is 0. The number of nitrogens with one attached hydrogen (secondary N) is 2. The van der Waals surface area contributed by atoms with Gasteiger partial charge in [-0.05, 0) is 24.3 Å². The molecule has 124 valence electrons. The van der Waals surface area contributed by atoms with Crippen LogP contribution in [-0.4, -0.2) is 19.6 Å². The molecule has 4 aromatic rings. The van der Waals surface area contributed by atoms with Crippen LogP contribution in [0.3, 0.4) is 0 Å². The van der Waals surface area contributed by atoms with Gasteiger partial charge in [-0.3, -0.25) is 9.89 Å². The highest BCUT2D eigenvalue weighted by atomic mass is 35.5. The molecule has 0 radical (unpaired) electrons. The number of benzene rings is 2. The van der Waals surface area contributed by atoms with Gasteiger partial charge in [0.25, 0.3) is 11.3 Å². The van der Waals surface area contributed by atoms with Crippen LogP contribution >= 0.6 is 11.6 Å². The van der Waals surface area contributed by atoms with Gasteiger partial charge >= 0.3 is 0 Å². The van der Waals surface area contributed by atoms with Crippen LogP contribution in [0.25, 0.3) is 17.2 Å². The second-order valence-electron chi connectivity index (χ2n) is 5.52. The predicted octanol–water partition coefficient (Wildman–Crippen LogP) is 3.35. The Bertz CT molecular complexity index is 1070. The number of rotatable bonds is 4. The summed E-state index contributed by atoms with van der Waals surface area (Å²) in [5, 5.41) is 6.87. The molecule has 2 heterocycles. The Hall–Kier alpha value is -3.12. The van der Waals surface area contributed by atoms with E-state index in [4.69, 9.17) is 11.6 Å². The zero-order valence-electron chi connectivity index (χ0n) is 13.1. The molecule has 0 atom stereocenters. The van der Waals surface area contributed by atoms with Crippen LogP contribution < -0.4 is 10.9 Å². The van der Waals surface area contributed by atoms with Crippen LogP contribution in [0.5, 0.6) is 0 Å². The standard InChI is InChI=1S/C18H14ClN5O/c19-13-6-8-14(9-7-13)20-11-15-10-16(25)24-18(21-15)22-17(23-24)12-4-2-1-3-5-12/h1-10,20H,11H2,(H,21,22,23). The Balaban J connectivity index is 1.62. The molecular weight excluding hydrogens is 338 g/mol. The summed E-state index contributed by atoms with van der Waals surface area (Å²) in [6.45, 7) is 0.418. The van der Waals surface area contributed by atoms with Crippen molar-refractivity contribution in [3.05, 3.63) is 81.7 Å². The number of nitrogens with zero attached hydrogens (tertiary/aromatic N) is 3. The third-order valence-corrected chi connectivity index (χ3v) is 4.00. The van der Waals surface area contributed by atoms with Gasteiger partial charge in [-0.25, -0.2) is 4.98 Å². The highest BCUT2D eigenvalue weighted by molar-refractivity contribution is 6.30. The number of hydrogen-bond donors (Lipinski definition) is 2. The van der Waals surface area contributed by atoms with Gasteiger partial charge in [0.1, 0.15) is 0 Å². The van der Waals surface area contributed by atoms with Crippen molar-refractivity contribution in [2.45, 2.75) is 6.54 Å². The molecule has 0 bridgehead atoms. The fraction of sp³-hybridized carbons (Fsp3) is 0.0556. The van der Waals surface area contributed by atoms with Gasteiger partial charge in [0.15, 0.2) is 5.82 Å². The molecular formula is C18H14ClN5O. The van der Waals surface area contributed by atoms with Crippen molar-refractivity contribution in [1.29, 1.82) is 0 Å². The maximum atomic E-state index is 12.3. The molecule has 2 aromatic carbocycles. The highest BCUT2D eigenvalue weighted by Gasteiger charge is 2.09. The van der Waals surface area contributed by atoms with Crippen molar-refractivity contribution < 1.29 is 0 Å². The summed E-state index contributed by atoms with van der Waals surface area (Å²) < 4.78 is 1.34. The van der Waals surface area contributed by atoms with Gasteiger partial charge < -0.3 is 5.32 Å². The minimum atomic E-state index is -0.201. The van der Waals surface area contributed by atoms with Crippen LogP contribution in [0.1, 0.15) is 5.69 Å². The first-order chi connectivity index (χ1) is 12.2. The molecule has 0 saturated carbocycles. The molecule has 0 fully saturated rings. The lowest BCUT2D eigenvalue weighted by molar-refractivity contribution is 0.879. The monoisotopic (exact) mass is 351 g/mol.